The maximum absolute atomic E-state index is 12.8. The third kappa shape index (κ3) is 3.70. The van der Waals surface area contributed by atoms with Gasteiger partial charge < -0.3 is 14.8 Å². The summed E-state index contributed by atoms with van der Waals surface area (Å²) in [6, 6.07) is 9.62. The molecule has 2 aromatic rings. The Morgan fingerprint density at radius 1 is 1.11 bits per heavy atom. The fourth-order valence-corrected chi connectivity index (χ4v) is 4.85. The number of rotatable bonds is 3. The molecule has 0 aliphatic carbocycles. The van der Waals surface area contributed by atoms with Crippen LogP contribution in [-0.4, -0.2) is 33.3 Å². The number of benzene rings is 2. The predicted octanol–water partition coefficient (Wildman–Crippen LogP) is 2.94. The first-order valence-corrected chi connectivity index (χ1v) is 10.9. The molecular formula is C18H18N2O5S2. The van der Waals surface area contributed by atoms with E-state index in [0.717, 1.165) is 4.90 Å². The molecule has 2 aliphatic rings. The Morgan fingerprint density at radius 3 is 2.70 bits per heavy atom. The fourth-order valence-electron chi connectivity index (χ4n) is 2.77. The third-order valence-corrected chi connectivity index (χ3v) is 6.96. The first-order valence-electron chi connectivity index (χ1n) is 8.42. The molecule has 2 aromatic carbocycles. The number of fused-ring (bicyclic) bond motifs is 2. The molecule has 0 radical (unpaired) electrons. The minimum Gasteiger partial charge on any atom is -0.486 e. The number of ether oxygens (including phenoxy) is 2. The molecule has 0 spiro atoms. The third-order valence-electron chi connectivity index (χ3n) is 4.25. The fraction of sp³-hybridized carbons (Fsp3) is 0.278. The molecular weight excluding hydrogens is 388 g/mol. The van der Waals surface area contributed by atoms with Gasteiger partial charge in [0, 0.05) is 22.6 Å². The van der Waals surface area contributed by atoms with E-state index in [2.05, 4.69) is 10.0 Å². The molecule has 1 amide bonds. The molecule has 2 N–H and O–H groups in total. The second-order valence-electron chi connectivity index (χ2n) is 6.32. The summed E-state index contributed by atoms with van der Waals surface area (Å²) in [7, 11) is -3.82. The average molecular weight is 406 g/mol. The molecule has 2 heterocycles. The van der Waals surface area contributed by atoms with Crippen LogP contribution in [0.25, 0.3) is 0 Å². The lowest BCUT2D eigenvalue weighted by Crippen LogP contribution is -2.20. The van der Waals surface area contributed by atoms with Gasteiger partial charge in [-0.3, -0.25) is 9.52 Å². The standard InChI is InChI=1S/C18H18N2O5S2/c1-11-10-26-17-5-3-13(9-14(17)19-18(11)21)27(22,23)20-12-2-4-15-16(8-12)25-7-6-24-15/h2-5,8-9,11,20H,6-7,10H2,1H3,(H,19,21)/t11-/m1/s1. The molecule has 1 atom stereocenters. The maximum Gasteiger partial charge on any atom is 0.261 e. The lowest BCUT2D eigenvalue weighted by molar-refractivity contribution is -0.118. The van der Waals surface area contributed by atoms with Crippen molar-refractivity contribution in [2.45, 2.75) is 16.7 Å². The topological polar surface area (TPSA) is 93.7 Å². The van der Waals surface area contributed by atoms with Gasteiger partial charge in [-0.25, -0.2) is 8.42 Å². The van der Waals surface area contributed by atoms with E-state index < -0.39 is 10.0 Å². The van der Waals surface area contributed by atoms with Crippen molar-refractivity contribution in [2.24, 2.45) is 5.92 Å². The van der Waals surface area contributed by atoms with E-state index in [0.29, 0.717) is 41.8 Å². The Kier molecular flexibility index (Phi) is 4.65. The summed E-state index contributed by atoms with van der Waals surface area (Å²) in [6.45, 7) is 2.73. The Morgan fingerprint density at radius 2 is 1.89 bits per heavy atom. The zero-order valence-electron chi connectivity index (χ0n) is 14.5. The molecule has 0 unspecified atom stereocenters. The summed E-state index contributed by atoms with van der Waals surface area (Å²) in [5.41, 5.74) is 0.889. The minimum absolute atomic E-state index is 0.0755. The molecule has 0 bridgehead atoms. The van der Waals surface area contributed by atoms with Crippen molar-refractivity contribution in [3.05, 3.63) is 36.4 Å². The van der Waals surface area contributed by atoms with Gasteiger partial charge in [-0.05, 0) is 30.3 Å². The predicted molar refractivity (Wildman–Crippen MR) is 103 cm³/mol. The Labute approximate surface area is 161 Å². The Bertz CT molecular complexity index is 1010. The van der Waals surface area contributed by atoms with Crippen LogP contribution in [0.3, 0.4) is 0 Å². The van der Waals surface area contributed by atoms with Gasteiger partial charge in [0.25, 0.3) is 10.0 Å². The van der Waals surface area contributed by atoms with E-state index in [-0.39, 0.29) is 16.7 Å². The van der Waals surface area contributed by atoms with Gasteiger partial charge in [-0.2, -0.15) is 0 Å². The highest BCUT2D eigenvalue weighted by molar-refractivity contribution is 7.99. The summed E-state index contributed by atoms with van der Waals surface area (Å²) in [4.78, 5) is 13.0. The zero-order chi connectivity index (χ0) is 19.0. The molecule has 7 nitrogen and oxygen atoms in total. The number of anilines is 2. The van der Waals surface area contributed by atoms with E-state index in [4.69, 9.17) is 9.47 Å². The van der Waals surface area contributed by atoms with Crippen molar-refractivity contribution in [2.75, 3.05) is 29.0 Å². The normalized spacial score (nSPS) is 18.9. The van der Waals surface area contributed by atoms with Crippen LogP contribution in [-0.2, 0) is 14.8 Å². The van der Waals surface area contributed by atoms with Crippen LogP contribution in [0.2, 0.25) is 0 Å². The summed E-state index contributed by atoms with van der Waals surface area (Å²) in [5, 5.41) is 2.80. The monoisotopic (exact) mass is 406 g/mol. The molecule has 0 fully saturated rings. The van der Waals surface area contributed by atoms with Crippen molar-refractivity contribution >= 4 is 39.1 Å². The van der Waals surface area contributed by atoms with Gasteiger partial charge in [0.15, 0.2) is 11.5 Å². The second-order valence-corrected chi connectivity index (χ2v) is 9.07. The lowest BCUT2D eigenvalue weighted by atomic mass is 10.2. The number of sulfonamides is 1. The highest BCUT2D eigenvalue weighted by atomic mass is 32.2. The van der Waals surface area contributed by atoms with Crippen molar-refractivity contribution in [3.8, 4) is 11.5 Å². The highest BCUT2D eigenvalue weighted by Gasteiger charge is 2.23. The number of carbonyl (C=O) groups excluding carboxylic acids is 1. The second kappa shape index (κ2) is 6.97. The van der Waals surface area contributed by atoms with Gasteiger partial charge in [-0.1, -0.05) is 6.92 Å². The van der Waals surface area contributed by atoms with Crippen LogP contribution in [0.5, 0.6) is 11.5 Å². The lowest BCUT2D eigenvalue weighted by Gasteiger charge is -2.19. The van der Waals surface area contributed by atoms with Gasteiger partial charge >= 0.3 is 0 Å². The molecule has 0 aromatic heterocycles. The van der Waals surface area contributed by atoms with E-state index >= 15 is 0 Å². The van der Waals surface area contributed by atoms with E-state index in [1.807, 2.05) is 6.92 Å². The molecule has 0 saturated heterocycles. The van der Waals surface area contributed by atoms with Crippen LogP contribution < -0.4 is 19.5 Å². The van der Waals surface area contributed by atoms with Crippen LogP contribution in [0.1, 0.15) is 6.92 Å². The zero-order valence-corrected chi connectivity index (χ0v) is 16.2. The smallest absolute Gasteiger partial charge is 0.261 e. The number of amides is 1. The summed E-state index contributed by atoms with van der Waals surface area (Å²) in [6.07, 6.45) is 0. The number of hydrogen-bond acceptors (Lipinski definition) is 6. The average Bonchev–Trinajstić information content (AvgIpc) is 2.79. The number of hydrogen-bond donors (Lipinski definition) is 2. The maximum atomic E-state index is 12.8. The van der Waals surface area contributed by atoms with Gasteiger partial charge in [0.1, 0.15) is 13.2 Å². The van der Waals surface area contributed by atoms with E-state index in [9.17, 15) is 13.2 Å². The molecule has 4 rings (SSSR count). The molecule has 9 heteroatoms. The molecule has 2 aliphatic heterocycles. The van der Waals surface area contributed by atoms with Crippen molar-refractivity contribution in [1.82, 2.24) is 0 Å². The number of nitrogens with one attached hydrogen (secondary N) is 2. The highest BCUT2D eigenvalue weighted by Crippen LogP contribution is 2.36. The number of thioether (sulfide) groups is 1. The quantitative estimate of drug-likeness (QED) is 0.814. The molecule has 27 heavy (non-hydrogen) atoms. The Balaban J connectivity index is 1.61. The van der Waals surface area contributed by atoms with Crippen LogP contribution in [0, 0.1) is 5.92 Å². The van der Waals surface area contributed by atoms with Crippen molar-refractivity contribution in [1.29, 1.82) is 0 Å². The first-order chi connectivity index (χ1) is 12.9. The first kappa shape index (κ1) is 18.0. The SMILES string of the molecule is C[C@@H]1CSc2ccc(S(=O)(=O)Nc3ccc4c(c3)OCCO4)cc2NC1=O. The van der Waals surface area contributed by atoms with E-state index in [1.165, 1.54) is 23.9 Å². The molecule has 0 saturated carbocycles. The van der Waals surface area contributed by atoms with E-state index in [1.54, 1.807) is 24.3 Å². The largest absolute Gasteiger partial charge is 0.486 e. The van der Waals surface area contributed by atoms with Crippen LogP contribution in [0.15, 0.2) is 46.2 Å². The van der Waals surface area contributed by atoms with Gasteiger partial charge in [0.2, 0.25) is 5.91 Å². The van der Waals surface area contributed by atoms with Crippen LogP contribution in [0.4, 0.5) is 11.4 Å². The molecule has 142 valence electrons. The number of carbonyl (C=O) groups is 1. The van der Waals surface area contributed by atoms with Crippen molar-refractivity contribution < 1.29 is 22.7 Å². The summed E-state index contributed by atoms with van der Waals surface area (Å²) >= 11 is 1.53. The summed E-state index contributed by atoms with van der Waals surface area (Å²) < 4.78 is 39.0. The minimum atomic E-state index is -3.82. The van der Waals surface area contributed by atoms with Gasteiger partial charge in [0.05, 0.1) is 16.3 Å². The summed E-state index contributed by atoms with van der Waals surface area (Å²) in [5.74, 6) is 1.48. The van der Waals surface area contributed by atoms with Gasteiger partial charge in [-0.15, -0.1) is 11.8 Å². The Hall–Kier alpha value is -2.39. The van der Waals surface area contributed by atoms with Crippen molar-refractivity contribution in [3.63, 3.8) is 0 Å². The van der Waals surface area contributed by atoms with Crippen LogP contribution >= 0.6 is 11.8 Å².